The average molecular weight is 268 g/mol. The van der Waals surface area contributed by atoms with E-state index in [1.54, 1.807) is 24.5 Å². The fourth-order valence-corrected chi connectivity index (χ4v) is 3.12. The Morgan fingerprint density at radius 2 is 1.95 bits per heavy atom. The van der Waals surface area contributed by atoms with E-state index in [2.05, 4.69) is 18.2 Å². The minimum atomic E-state index is 0.631. The molecule has 3 heteroatoms. The van der Waals surface area contributed by atoms with Crippen molar-refractivity contribution < 1.29 is 9.53 Å². The highest BCUT2D eigenvalue weighted by Gasteiger charge is 2.07. The van der Waals surface area contributed by atoms with Crippen LogP contribution in [0, 0.1) is 0 Å². The second-order valence-electron chi connectivity index (χ2n) is 4.26. The number of benzene rings is 2. The lowest BCUT2D eigenvalue weighted by atomic mass is 10.1. The van der Waals surface area contributed by atoms with Crippen molar-refractivity contribution in [2.45, 2.75) is 0 Å². The van der Waals surface area contributed by atoms with Crippen LogP contribution in [0.15, 0.2) is 48.5 Å². The lowest BCUT2D eigenvalue weighted by Gasteiger charge is -2.04. The summed E-state index contributed by atoms with van der Waals surface area (Å²) in [5, 5.41) is 1.22. The Balaban J connectivity index is 2.17. The van der Waals surface area contributed by atoms with Crippen LogP contribution in [0.2, 0.25) is 0 Å². The van der Waals surface area contributed by atoms with Gasteiger partial charge in [0.05, 0.1) is 7.11 Å². The number of hydrogen-bond acceptors (Lipinski definition) is 3. The van der Waals surface area contributed by atoms with Gasteiger partial charge < -0.3 is 4.74 Å². The highest BCUT2D eigenvalue weighted by molar-refractivity contribution is 7.22. The number of hydrogen-bond donors (Lipinski definition) is 0. The summed E-state index contributed by atoms with van der Waals surface area (Å²) < 4.78 is 6.48. The van der Waals surface area contributed by atoms with E-state index in [9.17, 15) is 4.79 Å². The molecule has 0 amide bonds. The summed E-state index contributed by atoms with van der Waals surface area (Å²) in [5.41, 5.74) is 1.65. The molecule has 3 rings (SSSR count). The van der Waals surface area contributed by atoms with Gasteiger partial charge in [-0.2, -0.15) is 0 Å². The van der Waals surface area contributed by atoms with Crippen LogP contribution >= 0.6 is 11.3 Å². The van der Waals surface area contributed by atoms with E-state index < -0.39 is 0 Å². The monoisotopic (exact) mass is 268 g/mol. The number of rotatable bonds is 3. The van der Waals surface area contributed by atoms with Crippen molar-refractivity contribution >= 4 is 27.7 Å². The van der Waals surface area contributed by atoms with Gasteiger partial charge >= 0.3 is 0 Å². The summed E-state index contributed by atoms with van der Waals surface area (Å²) in [7, 11) is 1.61. The zero-order valence-electron chi connectivity index (χ0n) is 10.4. The second kappa shape index (κ2) is 4.86. The van der Waals surface area contributed by atoms with Crippen molar-refractivity contribution in [1.82, 2.24) is 0 Å². The first-order valence-electron chi connectivity index (χ1n) is 5.93. The van der Waals surface area contributed by atoms with E-state index in [4.69, 9.17) is 4.74 Å². The lowest BCUT2D eigenvalue weighted by molar-refractivity contribution is 0.112. The summed E-state index contributed by atoms with van der Waals surface area (Å²) in [6, 6.07) is 16.0. The van der Waals surface area contributed by atoms with Gasteiger partial charge in [-0.3, -0.25) is 4.79 Å². The number of fused-ring (bicyclic) bond motifs is 1. The van der Waals surface area contributed by atoms with Gasteiger partial charge in [-0.05, 0) is 41.3 Å². The van der Waals surface area contributed by atoms with E-state index in [1.807, 2.05) is 24.3 Å². The second-order valence-corrected chi connectivity index (χ2v) is 5.34. The molecule has 0 saturated carbocycles. The fourth-order valence-electron chi connectivity index (χ4n) is 2.07. The molecule has 1 heterocycles. The molecule has 0 bridgehead atoms. The number of ether oxygens (including phenoxy) is 1. The quantitative estimate of drug-likeness (QED) is 0.658. The van der Waals surface area contributed by atoms with Crippen LogP contribution < -0.4 is 4.74 Å². The van der Waals surface area contributed by atoms with Crippen molar-refractivity contribution in [3.63, 3.8) is 0 Å². The van der Waals surface area contributed by atoms with Crippen molar-refractivity contribution in [1.29, 1.82) is 0 Å². The molecule has 3 aromatic rings. The van der Waals surface area contributed by atoms with Gasteiger partial charge in [0.1, 0.15) is 12.0 Å². The maximum atomic E-state index is 11.0. The third kappa shape index (κ3) is 2.25. The molecule has 0 aliphatic heterocycles. The van der Waals surface area contributed by atoms with Crippen LogP contribution in [0.4, 0.5) is 0 Å². The number of carbonyl (C=O) groups is 1. The topological polar surface area (TPSA) is 26.3 Å². The van der Waals surface area contributed by atoms with Crippen LogP contribution in [0.3, 0.4) is 0 Å². The molecular weight excluding hydrogens is 256 g/mol. The van der Waals surface area contributed by atoms with E-state index in [0.717, 1.165) is 16.7 Å². The normalized spacial score (nSPS) is 10.6. The smallest absolute Gasteiger partial charge is 0.150 e. The van der Waals surface area contributed by atoms with Crippen LogP contribution in [-0.4, -0.2) is 13.4 Å². The van der Waals surface area contributed by atoms with Crippen LogP contribution in [-0.2, 0) is 0 Å². The molecule has 0 radical (unpaired) electrons. The molecule has 0 aliphatic rings. The number of carbonyl (C=O) groups excluding carboxylic acids is 1. The van der Waals surface area contributed by atoms with Gasteiger partial charge in [0, 0.05) is 15.1 Å². The van der Waals surface area contributed by atoms with Crippen molar-refractivity contribution in [2.75, 3.05) is 7.11 Å². The SMILES string of the molecule is COc1cc(C=O)cc(-c2cc3ccccc3s2)c1. The summed E-state index contributed by atoms with van der Waals surface area (Å²) in [5.74, 6) is 0.706. The molecule has 0 spiro atoms. The molecule has 0 saturated heterocycles. The first-order chi connectivity index (χ1) is 9.30. The molecule has 94 valence electrons. The molecule has 19 heavy (non-hydrogen) atoms. The van der Waals surface area contributed by atoms with Crippen molar-refractivity contribution in [2.24, 2.45) is 0 Å². The summed E-state index contributed by atoms with van der Waals surface area (Å²) in [6.45, 7) is 0. The molecule has 0 fully saturated rings. The Kier molecular flexibility index (Phi) is 3.05. The van der Waals surface area contributed by atoms with Crippen LogP contribution in [0.5, 0.6) is 5.75 Å². The zero-order chi connectivity index (χ0) is 13.2. The minimum Gasteiger partial charge on any atom is -0.497 e. The molecule has 0 N–H and O–H groups in total. The standard InChI is InChI=1S/C16H12O2S/c1-18-14-7-11(10-17)6-13(8-14)16-9-12-4-2-3-5-15(12)19-16/h2-10H,1H3. The number of aldehydes is 1. The fraction of sp³-hybridized carbons (Fsp3) is 0.0625. The largest absolute Gasteiger partial charge is 0.497 e. The number of thiophene rings is 1. The summed E-state index contributed by atoms with van der Waals surface area (Å²) in [6.07, 6.45) is 0.847. The average Bonchev–Trinajstić information content (AvgIpc) is 2.90. The molecule has 0 aliphatic carbocycles. The van der Waals surface area contributed by atoms with Gasteiger partial charge in [-0.1, -0.05) is 18.2 Å². The zero-order valence-corrected chi connectivity index (χ0v) is 11.2. The predicted octanol–water partition coefficient (Wildman–Crippen LogP) is 4.39. The molecule has 0 unspecified atom stereocenters. The highest BCUT2D eigenvalue weighted by atomic mass is 32.1. The van der Waals surface area contributed by atoms with Crippen molar-refractivity contribution in [3.05, 3.63) is 54.1 Å². The van der Waals surface area contributed by atoms with Crippen LogP contribution in [0.25, 0.3) is 20.5 Å². The third-order valence-corrected chi connectivity index (χ3v) is 4.18. The maximum Gasteiger partial charge on any atom is 0.150 e. The van der Waals surface area contributed by atoms with Gasteiger partial charge in [0.25, 0.3) is 0 Å². The Morgan fingerprint density at radius 3 is 2.68 bits per heavy atom. The van der Waals surface area contributed by atoms with Gasteiger partial charge in [0.2, 0.25) is 0 Å². The van der Waals surface area contributed by atoms with E-state index >= 15 is 0 Å². The number of methoxy groups -OCH3 is 1. The Bertz CT molecular complexity index is 710. The molecule has 2 aromatic carbocycles. The van der Waals surface area contributed by atoms with E-state index in [0.29, 0.717) is 11.3 Å². The van der Waals surface area contributed by atoms with Gasteiger partial charge in [-0.25, -0.2) is 0 Å². The van der Waals surface area contributed by atoms with Gasteiger partial charge in [-0.15, -0.1) is 11.3 Å². The van der Waals surface area contributed by atoms with E-state index in [1.165, 1.54) is 10.1 Å². The first kappa shape index (κ1) is 11.9. The lowest BCUT2D eigenvalue weighted by Crippen LogP contribution is -1.87. The van der Waals surface area contributed by atoms with E-state index in [-0.39, 0.29) is 0 Å². The molecule has 0 atom stereocenters. The van der Waals surface area contributed by atoms with Crippen molar-refractivity contribution in [3.8, 4) is 16.2 Å². The molecular formula is C16H12O2S. The maximum absolute atomic E-state index is 11.0. The molecule has 1 aromatic heterocycles. The Hall–Kier alpha value is -2.13. The Labute approximate surface area is 115 Å². The summed E-state index contributed by atoms with van der Waals surface area (Å²) >= 11 is 1.72. The first-order valence-corrected chi connectivity index (χ1v) is 6.75. The third-order valence-electron chi connectivity index (χ3n) is 3.01. The minimum absolute atomic E-state index is 0.631. The highest BCUT2D eigenvalue weighted by Crippen LogP contribution is 2.35. The molecule has 2 nitrogen and oxygen atoms in total. The predicted molar refractivity (Wildman–Crippen MR) is 79.2 cm³/mol. The summed E-state index contributed by atoms with van der Waals surface area (Å²) in [4.78, 5) is 12.1. The van der Waals surface area contributed by atoms with Crippen LogP contribution in [0.1, 0.15) is 10.4 Å². The van der Waals surface area contributed by atoms with Gasteiger partial charge in [0.15, 0.2) is 0 Å². The Morgan fingerprint density at radius 1 is 1.11 bits per heavy atom.